The van der Waals surface area contributed by atoms with Gasteiger partial charge in [-0.1, -0.05) is 17.7 Å². The number of ether oxygens (including phenoxy) is 1. The van der Waals surface area contributed by atoms with Crippen molar-refractivity contribution in [2.75, 3.05) is 46.4 Å². The normalized spacial score (nSPS) is 15.7. The summed E-state index contributed by atoms with van der Waals surface area (Å²) in [5.41, 5.74) is 0.519. The lowest BCUT2D eigenvalue weighted by molar-refractivity contribution is -0.140. The van der Waals surface area contributed by atoms with Crippen molar-refractivity contribution in [1.29, 1.82) is 0 Å². The van der Waals surface area contributed by atoms with Crippen molar-refractivity contribution in [2.24, 2.45) is 0 Å². The van der Waals surface area contributed by atoms with Gasteiger partial charge in [-0.2, -0.15) is 0 Å². The van der Waals surface area contributed by atoms with Gasteiger partial charge in [0, 0.05) is 56.3 Å². The Kier molecular flexibility index (Phi) is 8.28. The number of nitrogens with zero attached hydrogens (tertiary/aromatic N) is 2. The Morgan fingerprint density at radius 3 is 2.58 bits per heavy atom. The van der Waals surface area contributed by atoms with Crippen LogP contribution in [0, 0.1) is 5.82 Å². The van der Waals surface area contributed by atoms with E-state index in [-0.39, 0.29) is 17.7 Å². The fraction of sp³-hybridized carbons (Fsp3) is 0.556. The molecule has 1 N–H and O–H groups in total. The smallest absolute Gasteiger partial charge is 0.305 e. The minimum absolute atomic E-state index is 0.0551. The van der Waals surface area contributed by atoms with Gasteiger partial charge < -0.3 is 10.1 Å². The molecule has 0 bridgehead atoms. The van der Waals surface area contributed by atoms with Crippen LogP contribution in [0.1, 0.15) is 18.4 Å². The maximum absolute atomic E-state index is 13.9. The second kappa shape index (κ2) is 10.4. The van der Waals surface area contributed by atoms with Crippen LogP contribution in [0.25, 0.3) is 0 Å². The van der Waals surface area contributed by atoms with Gasteiger partial charge in [-0.25, -0.2) is 4.39 Å². The van der Waals surface area contributed by atoms with Crippen molar-refractivity contribution in [3.05, 3.63) is 34.6 Å². The third-order valence-corrected chi connectivity index (χ3v) is 4.74. The number of amides is 1. The molecule has 8 heteroatoms. The fourth-order valence-electron chi connectivity index (χ4n) is 2.83. The van der Waals surface area contributed by atoms with Crippen molar-refractivity contribution in [3.63, 3.8) is 0 Å². The lowest BCUT2D eigenvalue weighted by Crippen LogP contribution is -2.49. The summed E-state index contributed by atoms with van der Waals surface area (Å²) in [4.78, 5) is 27.1. The summed E-state index contributed by atoms with van der Waals surface area (Å²) in [5, 5.41) is 3.25. The van der Waals surface area contributed by atoms with Crippen LogP contribution in [0.4, 0.5) is 4.39 Å². The minimum atomic E-state index is -0.286. The first-order valence-electron chi connectivity index (χ1n) is 8.70. The molecular formula is C18H25ClFN3O3. The van der Waals surface area contributed by atoms with E-state index in [9.17, 15) is 14.0 Å². The standard InChI is InChI=1S/C18H25ClFN3O3/c1-26-18(25)6-3-7-21-17(24)13-23-10-8-22(9-11-23)12-14-15(19)4-2-5-16(14)20/h2,4-5H,3,6-13H2,1H3,(H,21,24). The van der Waals surface area contributed by atoms with Gasteiger partial charge >= 0.3 is 5.97 Å². The molecule has 1 aliphatic rings. The van der Waals surface area contributed by atoms with E-state index in [1.165, 1.54) is 13.2 Å². The summed E-state index contributed by atoms with van der Waals surface area (Å²) in [6.07, 6.45) is 0.865. The van der Waals surface area contributed by atoms with E-state index in [1.54, 1.807) is 12.1 Å². The molecule has 1 amide bonds. The van der Waals surface area contributed by atoms with Crippen molar-refractivity contribution in [1.82, 2.24) is 15.1 Å². The van der Waals surface area contributed by atoms with E-state index >= 15 is 0 Å². The average molecular weight is 386 g/mol. The number of carbonyl (C=O) groups excluding carboxylic acids is 2. The topological polar surface area (TPSA) is 61.9 Å². The van der Waals surface area contributed by atoms with Gasteiger partial charge in [-0.05, 0) is 18.6 Å². The highest BCUT2D eigenvalue weighted by Crippen LogP contribution is 2.21. The zero-order chi connectivity index (χ0) is 18.9. The first kappa shape index (κ1) is 20.6. The zero-order valence-corrected chi connectivity index (χ0v) is 15.7. The van der Waals surface area contributed by atoms with E-state index in [0.29, 0.717) is 43.1 Å². The molecule has 0 atom stereocenters. The molecule has 1 aliphatic heterocycles. The van der Waals surface area contributed by atoms with Crippen LogP contribution in [0.15, 0.2) is 18.2 Å². The lowest BCUT2D eigenvalue weighted by Gasteiger charge is -2.34. The van der Waals surface area contributed by atoms with Gasteiger partial charge in [0.1, 0.15) is 5.82 Å². The van der Waals surface area contributed by atoms with Gasteiger partial charge in [0.05, 0.1) is 13.7 Å². The van der Waals surface area contributed by atoms with Crippen molar-refractivity contribution < 1.29 is 18.7 Å². The zero-order valence-electron chi connectivity index (χ0n) is 15.0. The van der Waals surface area contributed by atoms with E-state index in [4.69, 9.17) is 11.6 Å². The number of halogens is 2. The summed E-state index contributed by atoms with van der Waals surface area (Å²) in [5.74, 6) is -0.614. The van der Waals surface area contributed by atoms with Crippen LogP contribution in [0.5, 0.6) is 0 Å². The summed E-state index contributed by atoms with van der Waals surface area (Å²) >= 11 is 6.08. The number of benzene rings is 1. The number of esters is 1. The van der Waals surface area contributed by atoms with E-state index in [2.05, 4.69) is 19.9 Å². The molecule has 1 aromatic carbocycles. The highest BCUT2D eigenvalue weighted by atomic mass is 35.5. The quantitative estimate of drug-likeness (QED) is 0.545. The molecule has 0 aromatic heterocycles. The van der Waals surface area contributed by atoms with Gasteiger partial charge in [0.25, 0.3) is 0 Å². The predicted molar refractivity (Wildman–Crippen MR) is 97.4 cm³/mol. The molecule has 144 valence electrons. The average Bonchev–Trinajstić information content (AvgIpc) is 2.63. The molecule has 1 saturated heterocycles. The van der Waals surface area contributed by atoms with Crippen LogP contribution in [-0.4, -0.2) is 68.1 Å². The van der Waals surface area contributed by atoms with Gasteiger partial charge in [0.2, 0.25) is 5.91 Å². The van der Waals surface area contributed by atoms with Crippen LogP contribution in [0.2, 0.25) is 5.02 Å². The maximum Gasteiger partial charge on any atom is 0.305 e. The molecular weight excluding hydrogens is 361 g/mol. The molecule has 0 saturated carbocycles. The largest absolute Gasteiger partial charge is 0.469 e. The van der Waals surface area contributed by atoms with E-state index in [0.717, 1.165) is 26.2 Å². The number of methoxy groups -OCH3 is 1. The van der Waals surface area contributed by atoms with Crippen LogP contribution in [-0.2, 0) is 20.9 Å². The maximum atomic E-state index is 13.9. The molecule has 1 heterocycles. The number of hydrogen-bond acceptors (Lipinski definition) is 5. The summed E-state index contributed by atoms with van der Waals surface area (Å²) in [6, 6.07) is 4.71. The predicted octanol–water partition coefficient (Wildman–Crippen LogP) is 1.67. The summed E-state index contributed by atoms with van der Waals surface area (Å²) in [6.45, 7) is 4.23. The first-order chi connectivity index (χ1) is 12.5. The Morgan fingerprint density at radius 2 is 1.92 bits per heavy atom. The molecule has 6 nitrogen and oxygen atoms in total. The van der Waals surface area contributed by atoms with Crippen molar-refractivity contribution >= 4 is 23.5 Å². The van der Waals surface area contributed by atoms with Crippen molar-refractivity contribution in [3.8, 4) is 0 Å². The monoisotopic (exact) mass is 385 g/mol. The highest BCUT2D eigenvalue weighted by molar-refractivity contribution is 6.31. The lowest BCUT2D eigenvalue weighted by atomic mass is 10.2. The third-order valence-electron chi connectivity index (χ3n) is 4.38. The second-order valence-corrected chi connectivity index (χ2v) is 6.69. The van der Waals surface area contributed by atoms with Crippen LogP contribution in [0.3, 0.4) is 0 Å². The van der Waals surface area contributed by atoms with E-state index < -0.39 is 0 Å². The Labute approximate surface area is 158 Å². The number of rotatable bonds is 8. The Morgan fingerprint density at radius 1 is 1.23 bits per heavy atom. The van der Waals surface area contributed by atoms with Gasteiger partial charge in [0.15, 0.2) is 0 Å². The Bertz CT molecular complexity index is 601. The molecule has 1 aromatic rings. The second-order valence-electron chi connectivity index (χ2n) is 6.28. The number of carbonyl (C=O) groups is 2. The number of piperazine rings is 1. The van der Waals surface area contributed by atoms with Gasteiger partial charge in [-0.3, -0.25) is 19.4 Å². The highest BCUT2D eigenvalue weighted by Gasteiger charge is 2.20. The molecule has 0 unspecified atom stereocenters. The Balaban J connectivity index is 1.66. The van der Waals surface area contributed by atoms with Crippen LogP contribution < -0.4 is 5.32 Å². The van der Waals surface area contributed by atoms with Gasteiger partial charge in [-0.15, -0.1) is 0 Å². The first-order valence-corrected chi connectivity index (χ1v) is 9.08. The van der Waals surface area contributed by atoms with Crippen LogP contribution >= 0.6 is 11.6 Å². The molecule has 0 radical (unpaired) electrons. The molecule has 26 heavy (non-hydrogen) atoms. The molecule has 0 aliphatic carbocycles. The van der Waals surface area contributed by atoms with Crippen molar-refractivity contribution in [2.45, 2.75) is 19.4 Å². The molecule has 2 rings (SSSR count). The molecule has 0 spiro atoms. The SMILES string of the molecule is COC(=O)CCCNC(=O)CN1CCN(Cc2c(F)cccc2Cl)CC1. The molecule has 1 fully saturated rings. The number of nitrogens with one attached hydrogen (secondary N) is 1. The summed E-state index contributed by atoms with van der Waals surface area (Å²) in [7, 11) is 1.35. The summed E-state index contributed by atoms with van der Waals surface area (Å²) < 4.78 is 18.4. The number of hydrogen-bond donors (Lipinski definition) is 1. The Hall–Kier alpha value is -1.70. The third kappa shape index (κ3) is 6.55. The van der Waals surface area contributed by atoms with E-state index in [1.807, 2.05) is 0 Å². The minimum Gasteiger partial charge on any atom is -0.469 e. The fourth-order valence-corrected chi connectivity index (χ4v) is 3.06.